The van der Waals surface area contributed by atoms with E-state index >= 15 is 0 Å². The van der Waals surface area contributed by atoms with Crippen LogP contribution in [0.25, 0.3) is 0 Å². The van der Waals surface area contributed by atoms with Crippen molar-refractivity contribution in [1.82, 2.24) is 5.32 Å². The number of nitrogens with one attached hydrogen (secondary N) is 1. The molecule has 0 unspecified atom stereocenters. The van der Waals surface area contributed by atoms with Gasteiger partial charge in [0.05, 0.1) is 18.0 Å². The van der Waals surface area contributed by atoms with E-state index in [1.54, 1.807) is 12.1 Å². The zero-order valence-electron chi connectivity index (χ0n) is 28.9. The van der Waals surface area contributed by atoms with Gasteiger partial charge in [0.15, 0.2) is 11.6 Å². The third kappa shape index (κ3) is 6.40. The normalized spacial score (nSPS) is 23.9. The number of amides is 2. The fourth-order valence-corrected chi connectivity index (χ4v) is 9.64. The second-order valence-electron chi connectivity index (χ2n) is 15.2. The molecule has 51 heavy (non-hydrogen) atoms. The lowest BCUT2D eigenvalue weighted by molar-refractivity contribution is -0.122. The number of hydrogen-bond donors (Lipinski definition) is 1. The van der Waals surface area contributed by atoms with E-state index in [2.05, 4.69) is 39.9 Å². The van der Waals surface area contributed by atoms with Crippen LogP contribution in [0.4, 0.5) is 30.2 Å². The highest BCUT2D eigenvalue weighted by Gasteiger charge is 2.46. The molecule has 8 rings (SSSR count). The molecule has 5 aliphatic rings. The van der Waals surface area contributed by atoms with Gasteiger partial charge in [-0.1, -0.05) is 18.7 Å². The van der Waals surface area contributed by atoms with Gasteiger partial charge in [0.1, 0.15) is 5.82 Å². The molecule has 268 valence electrons. The Kier molecular flexibility index (Phi) is 9.07. The summed E-state index contributed by atoms with van der Waals surface area (Å²) in [6, 6.07) is 15.4. The summed E-state index contributed by atoms with van der Waals surface area (Å²) in [4.78, 5) is 33.2. The molecule has 1 aliphatic carbocycles. The molecule has 3 fully saturated rings. The molecule has 1 N–H and O–H groups in total. The van der Waals surface area contributed by atoms with E-state index in [0.29, 0.717) is 37.8 Å². The highest BCUT2D eigenvalue weighted by atomic mass is 19.2. The number of nitrogens with zero attached hydrogens (tertiary/aromatic N) is 3. The van der Waals surface area contributed by atoms with Gasteiger partial charge in [-0.2, -0.15) is 0 Å². The highest BCUT2D eigenvalue weighted by molar-refractivity contribution is 6.04. The Morgan fingerprint density at radius 1 is 0.980 bits per heavy atom. The van der Waals surface area contributed by atoms with Crippen LogP contribution in [-0.4, -0.2) is 63.3 Å². The molecule has 0 bridgehead atoms. The van der Waals surface area contributed by atoms with Crippen LogP contribution in [0.2, 0.25) is 0 Å². The van der Waals surface area contributed by atoms with Crippen LogP contribution in [0, 0.1) is 23.4 Å². The molecule has 0 aromatic heterocycles. The van der Waals surface area contributed by atoms with E-state index < -0.39 is 11.6 Å². The number of halogens is 3. The second kappa shape index (κ2) is 13.7. The first-order chi connectivity index (χ1) is 24.7. The van der Waals surface area contributed by atoms with E-state index in [1.165, 1.54) is 18.2 Å². The molecule has 1 spiro atoms. The lowest BCUT2D eigenvalue weighted by Gasteiger charge is -2.43. The Labute approximate surface area is 297 Å². The van der Waals surface area contributed by atoms with E-state index in [9.17, 15) is 22.8 Å². The Hall–Kier alpha value is -4.31. The molecule has 0 radical (unpaired) electrons. The summed E-state index contributed by atoms with van der Waals surface area (Å²) in [7, 11) is 0. The lowest BCUT2D eigenvalue weighted by atomic mass is 9.73. The van der Waals surface area contributed by atoms with Gasteiger partial charge < -0.3 is 24.8 Å². The minimum atomic E-state index is -0.898. The molecule has 4 heterocycles. The number of rotatable bonds is 8. The first-order valence-corrected chi connectivity index (χ1v) is 18.4. The summed E-state index contributed by atoms with van der Waals surface area (Å²) < 4.78 is 48.1. The van der Waals surface area contributed by atoms with Crippen molar-refractivity contribution in [2.75, 3.05) is 54.1 Å². The molecule has 2 amide bonds. The molecule has 4 aliphatic heterocycles. The van der Waals surface area contributed by atoms with Crippen LogP contribution in [0.3, 0.4) is 0 Å². The number of hydrogen-bond acceptors (Lipinski definition) is 5. The van der Waals surface area contributed by atoms with Gasteiger partial charge in [-0.15, -0.1) is 0 Å². The SMILES string of the molecule is C=CC(=O)N1C[C@@H]2CCCN2c2cc(N3CCC4(CC3)C[C@@H](CC(=O)N[C@@H](Cc3ccc(F)c(F)c3)[C@@H]3CCOC3)c3ccc(F)cc34)ccc21. The number of ether oxygens (including phenoxy) is 1. The number of carbonyl (C=O) groups excluding carboxylic acids is 2. The maximum Gasteiger partial charge on any atom is 0.250 e. The third-order valence-electron chi connectivity index (χ3n) is 12.3. The van der Waals surface area contributed by atoms with Gasteiger partial charge in [0.2, 0.25) is 5.91 Å². The van der Waals surface area contributed by atoms with Crippen molar-refractivity contribution in [3.8, 4) is 0 Å². The average molecular weight is 699 g/mol. The van der Waals surface area contributed by atoms with Gasteiger partial charge in [-0.05, 0) is 122 Å². The molecule has 7 nitrogen and oxygen atoms in total. The summed E-state index contributed by atoms with van der Waals surface area (Å²) >= 11 is 0. The molecule has 3 saturated heterocycles. The van der Waals surface area contributed by atoms with Crippen molar-refractivity contribution >= 4 is 28.9 Å². The maximum absolute atomic E-state index is 14.8. The molecule has 3 aromatic carbocycles. The fourth-order valence-electron chi connectivity index (χ4n) is 9.64. The largest absolute Gasteiger partial charge is 0.381 e. The van der Waals surface area contributed by atoms with E-state index in [1.807, 2.05) is 11.0 Å². The van der Waals surface area contributed by atoms with Crippen molar-refractivity contribution in [3.05, 3.63) is 101 Å². The zero-order chi connectivity index (χ0) is 35.3. The maximum atomic E-state index is 14.8. The monoisotopic (exact) mass is 698 g/mol. The van der Waals surface area contributed by atoms with Crippen molar-refractivity contribution in [2.45, 2.75) is 74.8 Å². The number of piperidine rings is 1. The predicted molar refractivity (Wildman–Crippen MR) is 192 cm³/mol. The smallest absolute Gasteiger partial charge is 0.250 e. The Balaban J connectivity index is 0.979. The highest BCUT2D eigenvalue weighted by Crippen LogP contribution is 2.53. The summed E-state index contributed by atoms with van der Waals surface area (Å²) in [5.74, 6) is -2.20. The van der Waals surface area contributed by atoms with Crippen LogP contribution >= 0.6 is 0 Å². The Morgan fingerprint density at radius 2 is 1.82 bits per heavy atom. The predicted octanol–water partition coefficient (Wildman–Crippen LogP) is 6.78. The number of benzene rings is 3. The van der Waals surface area contributed by atoms with Gasteiger partial charge >= 0.3 is 0 Å². The summed E-state index contributed by atoms with van der Waals surface area (Å²) in [6.45, 7) is 8.10. The fraction of sp³-hybridized carbons (Fsp3) is 0.463. The Morgan fingerprint density at radius 3 is 2.59 bits per heavy atom. The van der Waals surface area contributed by atoms with Gasteiger partial charge in [0, 0.05) is 62.9 Å². The van der Waals surface area contributed by atoms with E-state index in [-0.39, 0.29) is 47.3 Å². The van der Waals surface area contributed by atoms with Crippen LogP contribution in [0.5, 0.6) is 0 Å². The molecular formula is C41H45F3N4O3. The minimum absolute atomic E-state index is 0.0554. The van der Waals surface area contributed by atoms with Crippen molar-refractivity contribution in [2.24, 2.45) is 5.92 Å². The van der Waals surface area contributed by atoms with Gasteiger partial charge in [0.25, 0.3) is 5.91 Å². The molecule has 0 saturated carbocycles. The summed E-state index contributed by atoms with van der Waals surface area (Å²) in [5.41, 5.74) is 5.62. The summed E-state index contributed by atoms with van der Waals surface area (Å²) in [6.07, 6.45) is 7.45. The van der Waals surface area contributed by atoms with Crippen LogP contribution in [-0.2, 0) is 26.2 Å². The Bertz CT molecular complexity index is 1840. The van der Waals surface area contributed by atoms with Crippen LogP contribution in [0.15, 0.2) is 67.3 Å². The average Bonchev–Trinajstić information content (AvgIpc) is 3.90. The van der Waals surface area contributed by atoms with Gasteiger partial charge in [-0.25, -0.2) is 13.2 Å². The van der Waals surface area contributed by atoms with Crippen molar-refractivity contribution in [1.29, 1.82) is 0 Å². The first kappa shape index (κ1) is 33.8. The quantitative estimate of drug-likeness (QED) is 0.263. The van der Waals surface area contributed by atoms with Gasteiger partial charge in [-0.3, -0.25) is 9.59 Å². The molecule has 3 aromatic rings. The number of anilines is 3. The van der Waals surface area contributed by atoms with Crippen LogP contribution in [0.1, 0.15) is 67.6 Å². The van der Waals surface area contributed by atoms with Crippen molar-refractivity contribution < 1.29 is 27.5 Å². The first-order valence-electron chi connectivity index (χ1n) is 18.4. The molecule has 4 atom stereocenters. The van der Waals surface area contributed by atoms with Crippen LogP contribution < -0.4 is 20.0 Å². The van der Waals surface area contributed by atoms with E-state index in [4.69, 9.17) is 4.74 Å². The summed E-state index contributed by atoms with van der Waals surface area (Å²) in [5, 5.41) is 3.23. The minimum Gasteiger partial charge on any atom is -0.381 e. The second-order valence-corrected chi connectivity index (χ2v) is 15.2. The number of carbonyl (C=O) groups is 2. The molecular weight excluding hydrogens is 653 g/mol. The standard InChI is InChI=1S/C41H45F3N4O3/c1-2-40(50)48-24-31-4-3-14-47(31)38-22-30(7-10-37(38)48)46-15-12-41(13-16-46)23-28(32-8-6-29(42)21-33(32)41)20-39(49)45-36(27-11-17-51-25-27)19-26-5-9-34(43)35(44)18-26/h2,5-10,18,21-22,27-28,31,36H,1,3-4,11-17,19-20,23-25H2,(H,45,49)/t27-,28-,31+,36+/m1/s1. The molecule has 10 heteroatoms. The van der Waals surface area contributed by atoms with Crippen molar-refractivity contribution in [3.63, 3.8) is 0 Å². The topological polar surface area (TPSA) is 65.1 Å². The third-order valence-corrected chi connectivity index (χ3v) is 12.3. The van der Waals surface area contributed by atoms with E-state index in [0.717, 1.165) is 92.4 Å². The zero-order valence-corrected chi connectivity index (χ0v) is 28.9. The lowest BCUT2D eigenvalue weighted by Crippen LogP contribution is -2.48. The number of fused-ring (bicyclic) bond motifs is 5.